The molecule has 0 fully saturated rings. The van der Waals surface area contributed by atoms with E-state index in [2.05, 4.69) is 0 Å². The molecule has 1 heterocycles. The summed E-state index contributed by atoms with van der Waals surface area (Å²) in [6.07, 6.45) is 0. The van der Waals surface area contributed by atoms with Crippen LogP contribution in [0.4, 0.5) is 0 Å². The Bertz CT molecular complexity index is 1260. The molecule has 140 valence electrons. The second-order valence-corrected chi connectivity index (χ2v) is 8.73. The highest BCUT2D eigenvalue weighted by Crippen LogP contribution is 2.31. The summed E-state index contributed by atoms with van der Waals surface area (Å²) in [6.45, 7) is 0. The van der Waals surface area contributed by atoms with E-state index in [0.29, 0.717) is 21.6 Å². The summed E-state index contributed by atoms with van der Waals surface area (Å²) in [4.78, 5) is 13.4. The van der Waals surface area contributed by atoms with Gasteiger partial charge in [0.2, 0.25) is 0 Å². The van der Waals surface area contributed by atoms with Crippen molar-refractivity contribution in [2.45, 2.75) is 10.6 Å². The average Bonchev–Trinajstić information content (AvgIpc) is 3.05. The molecule has 0 bridgehead atoms. The first-order valence-corrected chi connectivity index (χ1v) is 10.6. The smallest absolute Gasteiger partial charge is 0.197 e. The van der Waals surface area contributed by atoms with Crippen LogP contribution < -0.4 is 0 Å². The molecule has 4 nitrogen and oxygen atoms in total. The van der Waals surface area contributed by atoms with Gasteiger partial charge in [-0.15, -0.1) is 0 Å². The van der Waals surface area contributed by atoms with Crippen LogP contribution >= 0.6 is 11.6 Å². The third-order valence-corrected chi connectivity index (χ3v) is 6.31. The lowest BCUT2D eigenvalue weighted by molar-refractivity contribution is 0.103. The van der Waals surface area contributed by atoms with Crippen molar-refractivity contribution in [3.63, 3.8) is 0 Å². The van der Waals surface area contributed by atoms with Gasteiger partial charge in [-0.25, -0.2) is 8.42 Å². The van der Waals surface area contributed by atoms with E-state index in [1.165, 1.54) is 12.1 Å². The number of para-hydroxylation sites is 1. The zero-order valence-electron chi connectivity index (χ0n) is 14.6. The van der Waals surface area contributed by atoms with Crippen LogP contribution in [0, 0.1) is 0 Å². The molecule has 0 atom stereocenters. The number of carbonyl (C=O) groups is 1. The molecule has 0 amide bonds. The molecule has 0 radical (unpaired) electrons. The van der Waals surface area contributed by atoms with Gasteiger partial charge in [0, 0.05) is 16.0 Å². The lowest BCUT2D eigenvalue weighted by Gasteiger charge is -2.05. The highest BCUT2D eigenvalue weighted by molar-refractivity contribution is 7.90. The monoisotopic (exact) mass is 410 g/mol. The highest BCUT2D eigenvalue weighted by atomic mass is 35.5. The van der Waals surface area contributed by atoms with Gasteiger partial charge in [0.1, 0.15) is 17.1 Å². The van der Waals surface area contributed by atoms with E-state index >= 15 is 0 Å². The molecule has 28 heavy (non-hydrogen) atoms. The van der Waals surface area contributed by atoms with Gasteiger partial charge >= 0.3 is 0 Å². The van der Waals surface area contributed by atoms with Crippen molar-refractivity contribution in [2.24, 2.45) is 0 Å². The van der Waals surface area contributed by atoms with E-state index in [9.17, 15) is 13.2 Å². The van der Waals surface area contributed by atoms with Crippen LogP contribution in [-0.4, -0.2) is 14.2 Å². The quantitative estimate of drug-likeness (QED) is 0.419. The maximum Gasteiger partial charge on any atom is 0.197 e. The summed E-state index contributed by atoms with van der Waals surface area (Å²) in [5, 5.41) is 1.10. The molecule has 3 aromatic carbocycles. The van der Waals surface area contributed by atoms with Gasteiger partial charge in [-0.3, -0.25) is 4.79 Å². The van der Waals surface area contributed by atoms with Crippen molar-refractivity contribution in [1.29, 1.82) is 0 Å². The van der Waals surface area contributed by atoms with Crippen LogP contribution in [0.2, 0.25) is 5.02 Å². The second-order valence-electron chi connectivity index (χ2n) is 6.30. The molecule has 0 N–H and O–H groups in total. The lowest BCUT2D eigenvalue weighted by atomic mass is 10.0. The van der Waals surface area contributed by atoms with Crippen molar-refractivity contribution >= 4 is 38.2 Å². The number of fused-ring (bicyclic) bond motifs is 1. The van der Waals surface area contributed by atoms with Crippen LogP contribution in [0.1, 0.15) is 21.7 Å². The van der Waals surface area contributed by atoms with Crippen LogP contribution in [0.25, 0.3) is 11.0 Å². The number of carbonyl (C=O) groups excluding carboxylic acids is 1. The Morgan fingerprint density at radius 2 is 1.50 bits per heavy atom. The zero-order valence-corrected chi connectivity index (χ0v) is 16.2. The Hall–Kier alpha value is -2.89. The Kier molecular flexibility index (Phi) is 4.79. The van der Waals surface area contributed by atoms with Crippen LogP contribution in [0.5, 0.6) is 0 Å². The Morgan fingerprint density at radius 1 is 0.857 bits per heavy atom. The summed E-state index contributed by atoms with van der Waals surface area (Å²) < 4.78 is 31.5. The van der Waals surface area contributed by atoms with Crippen molar-refractivity contribution < 1.29 is 17.6 Å². The molecule has 4 rings (SSSR count). The molecule has 0 spiro atoms. The van der Waals surface area contributed by atoms with Gasteiger partial charge in [0.05, 0.1) is 10.5 Å². The lowest BCUT2D eigenvalue weighted by Crippen LogP contribution is -2.09. The molecule has 6 heteroatoms. The Morgan fingerprint density at radius 3 is 2.21 bits per heavy atom. The fourth-order valence-electron chi connectivity index (χ4n) is 3.08. The van der Waals surface area contributed by atoms with Gasteiger partial charge in [0.25, 0.3) is 0 Å². The minimum atomic E-state index is -3.67. The largest absolute Gasteiger partial charge is 0.459 e. The standard InChI is InChI=1S/C22H15ClO4S/c23-16-12-10-15(11-13-16)22(24)21-18-8-4-5-9-19(18)27-20(21)14-28(25,26)17-6-2-1-3-7-17/h1-13H,14H2. The van der Waals surface area contributed by atoms with Crippen LogP contribution in [0.3, 0.4) is 0 Å². The van der Waals surface area contributed by atoms with Gasteiger partial charge in [-0.1, -0.05) is 48.0 Å². The molecular formula is C22H15ClO4S. The third-order valence-electron chi connectivity index (χ3n) is 4.43. The number of ketones is 1. The molecule has 4 aromatic rings. The molecule has 1 aromatic heterocycles. The molecule has 0 saturated carbocycles. The summed E-state index contributed by atoms with van der Waals surface area (Å²) in [5.41, 5.74) is 1.14. The van der Waals surface area contributed by atoms with Crippen molar-refractivity contribution in [3.05, 3.63) is 101 Å². The first kappa shape index (κ1) is 18.5. The number of furan rings is 1. The van der Waals surface area contributed by atoms with Crippen molar-refractivity contribution in [1.82, 2.24) is 0 Å². The summed E-state index contributed by atoms with van der Waals surface area (Å²) in [6, 6.07) is 21.6. The Balaban J connectivity index is 1.84. The average molecular weight is 411 g/mol. The minimum Gasteiger partial charge on any atom is -0.459 e. The van der Waals surface area contributed by atoms with Crippen molar-refractivity contribution in [2.75, 3.05) is 0 Å². The molecule has 0 unspecified atom stereocenters. The fraction of sp³-hybridized carbons (Fsp3) is 0.0455. The summed E-state index contributed by atoms with van der Waals surface area (Å²) in [5.74, 6) is -0.578. The predicted octanol–water partition coefficient (Wildman–Crippen LogP) is 5.29. The van der Waals surface area contributed by atoms with Gasteiger partial charge < -0.3 is 4.42 Å². The molecule has 0 aliphatic rings. The van der Waals surface area contributed by atoms with E-state index in [0.717, 1.165) is 0 Å². The topological polar surface area (TPSA) is 64.3 Å². The van der Waals surface area contributed by atoms with E-state index in [1.54, 1.807) is 66.7 Å². The first-order valence-electron chi connectivity index (χ1n) is 8.54. The van der Waals surface area contributed by atoms with E-state index in [1.807, 2.05) is 0 Å². The normalized spacial score (nSPS) is 11.6. The molecule has 0 aliphatic heterocycles. The number of hydrogen-bond acceptors (Lipinski definition) is 4. The van der Waals surface area contributed by atoms with Crippen molar-refractivity contribution in [3.8, 4) is 0 Å². The maximum absolute atomic E-state index is 13.2. The first-order chi connectivity index (χ1) is 13.5. The number of halogens is 1. The SMILES string of the molecule is O=C(c1ccc(Cl)cc1)c1c(CS(=O)(=O)c2ccccc2)oc2ccccc12. The van der Waals surface area contributed by atoms with Gasteiger partial charge in [0.15, 0.2) is 15.6 Å². The number of benzene rings is 3. The predicted molar refractivity (Wildman–Crippen MR) is 108 cm³/mol. The number of hydrogen-bond donors (Lipinski definition) is 0. The van der Waals surface area contributed by atoms with E-state index < -0.39 is 15.6 Å². The molecule has 0 aliphatic carbocycles. The second kappa shape index (κ2) is 7.26. The highest BCUT2D eigenvalue weighted by Gasteiger charge is 2.26. The zero-order chi connectivity index (χ0) is 19.7. The maximum atomic E-state index is 13.2. The number of sulfone groups is 1. The summed E-state index contributed by atoms with van der Waals surface area (Å²) in [7, 11) is -3.67. The fourth-order valence-corrected chi connectivity index (χ4v) is 4.49. The molecule has 0 saturated heterocycles. The third kappa shape index (κ3) is 3.46. The van der Waals surface area contributed by atoms with E-state index in [-0.39, 0.29) is 22.0 Å². The van der Waals surface area contributed by atoms with Gasteiger partial charge in [-0.2, -0.15) is 0 Å². The minimum absolute atomic E-state index is 0.130. The number of rotatable bonds is 5. The molecular weight excluding hydrogens is 396 g/mol. The van der Waals surface area contributed by atoms with Crippen LogP contribution in [0.15, 0.2) is 88.2 Å². The summed E-state index contributed by atoms with van der Waals surface area (Å²) >= 11 is 5.91. The van der Waals surface area contributed by atoms with Crippen LogP contribution in [-0.2, 0) is 15.6 Å². The Labute approximate surface area is 167 Å². The van der Waals surface area contributed by atoms with Gasteiger partial charge in [-0.05, 0) is 42.5 Å². The van der Waals surface area contributed by atoms with E-state index in [4.69, 9.17) is 16.0 Å².